The van der Waals surface area contributed by atoms with Crippen molar-refractivity contribution in [3.63, 3.8) is 0 Å². The zero-order valence-corrected chi connectivity index (χ0v) is 20.3. The van der Waals surface area contributed by atoms with Crippen molar-refractivity contribution in [3.05, 3.63) is 53.3 Å². The molecule has 3 heterocycles. The van der Waals surface area contributed by atoms with Crippen LogP contribution < -0.4 is 4.31 Å². The SMILES string of the molecule is CC(O)N1CCN(Cc2c(-c3ccc(Cl)cc3)nc3ccc(N(C(F)F)S(C)(=O)=O)cn23)CC1. The van der Waals surface area contributed by atoms with Crippen LogP contribution in [0.25, 0.3) is 16.9 Å². The lowest BCUT2D eigenvalue weighted by molar-refractivity contribution is -0.0143. The average molecular weight is 514 g/mol. The maximum atomic E-state index is 13.6. The molecule has 1 fully saturated rings. The van der Waals surface area contributed by atoms with Gasteiger partial charge in [-0.15, -0.1) is 0 Å². The highest BCUT2D eigenvalue weighted by molar-refractivity contribution is 7.92. The Kier molecular flexibility index (Phi) is 7.11. The van der Waals surface area contributed by atoms with E-state index in [4.69, 9.17) is 16.6 Å². The molecule has 1 atom stereocenters. The first-order valence-corrected chi connectivity index (χ1v) is 13.0. The molecule has 0 saturated carbocycles. The maximum absolute atomic E-state index is 13.6. The molecule has 2 aromatic heterocycles. The Morgan fingerprint density at radius 2 is 1.76 bits per heavy atom. The van der Waals surface area contributed by atoms with E-state index < -0.39 is 22.8 Å². The summed E-state index contributed by atoms with van der Waals surface area (Å²) >= 11 is 6.05. The summed E-state index contributed by atoms with van der Waals surface area (Å²) in [5, 5.41) is 10.4. The highest BCUT2D eigenvalue weighted by Crippen LogP contribution is 2.30. The molecule has 34 heavy (non-hydrogen) atoms. The summed E-state index contributed by atoms with van der Waals surface area (Å²) in [5.74, 6) is 0. The van der Waals surface area contributed by atoms with Gasteiger partial charge in [-0.2, -0.15) is 8.78 Å². The molecular formula is C22H26ClF2N5O3S. The molecular weight excluding hydrogens is 488 g/mol. The van der Waals surface area contributed by atoms with Gasteiger partial charge in [0, 0.05) is 49.5 Å². The lowest BCUT2D eigenvalue weighted by Gasteiger charge is -2.36. The highest BCUT2D eigenvalue weighted by atomic mass is 35.5. The van der Waals surface area contributed by atoms with Gasteiger partial charge in [0.1, 0.15) is 11.9 Å². The molecule has 8 nitrogen and oxygen atoms in total. The monoisotopic (exact) mass is 513 g/mol. The molecule has 1 aliphatic heterocycles. The van der Waals surface area contributed by atoms with Crippen LogP contribution in [-0.2, 0) is 16.6 Å². The number of hydrogen-bond acceptors (Lipinski definition) is 6. The van der Waals surface area contributed by atoms with E-state index in [9.17, 15) is 22.3 Å². The number of fused-ring (bicyclic) bond motifs is 1. The molecule has 0 spiro atoms. The first-order chi connectivity index (χ1) is 16.0. The molecule has 1 unspecified atom stereocenters. The summed E-state index contributed by atoms with van der Waals surface area (Å²) in [6.45, 7) is 1.74. The number of piperazine rings is 1. The van der Waals surface area contributed by atoms with Gasteiger partial charge in [-0.3, -0.25) is 14.2 Å². The van der Waals surface area contributed by atoms with Crippen LogP contribution in [0.3, 0.4) is 0 Å². The standard InChI is InChI=1S/C22H26ClF2N5O3S/c1-15(31)28-11-9-27(10-12-28)14-19-21(16-3-5-17(23)6-4-16)26-20-8-7-18(13-29(19)20)30(22(24)25)34(2,32)33/h3-8,13,15,22,31H,9-12,14H2,1-2H3. The van der Waals surface area contributed by atoms with E-state index in [0.717, 1.165) is 17.5 Å². The smallest absolute Gasteiger partial charge is 0.327 e. The first-order valence-electron chi connectivity index (χ1n) is 10.7. The number of imidazole rings is 1. The Hall–Kier alpha value is -2.31. The Balaban J connectivity index is 1.79. The second kappa shape index (κ2) is 9.74. The minimum Gasteiger partial charge on any atom is -0.379 e. The summed E-state index contributed by atoms with van der Waals surface area (Å²) in [6, 6.07) is 10.0. The Morgan fingerprint density at radius 1 is 1.12 bits per heavy atom. The number of hydrogen-bond donors (Lipinski definition) is 1. The molecule has 0 amide bonds. The van der Waals surface area contributed by atoms with Crippen LogP contribution in [0.5, 0.6) is 0 Å². The van der Waals surface area contributed by atoms with Gasteiger partial charge in [0.05, 0.1) is 23.3 Å². The summed E-state index contributed by atoms with van der Waals surface area (Å²) in [7, 11) is -4.20. The van der Waals surface area contributed by atoms with Crippen LogP contribution in [0.2, 0.25) is 5.02 Å². The maximum Gasteiger partial charge on any atom is 0.327 e. The van der Waals surface area contributed by atoms with Gasteiger partial charge < -0.3 is 5.11 Å². The van der Waals surface area contributed by atoms with Gasteiger partial charge in [-0.05, 0) is 31.2 Å². The Morgan fingerprint density at radius 3 is 2.32 bits per heavy atom. The van der Waals surface area contributed by atoms with Gasteiger partial charge in [0.2, 0.25) is 10.0 Å². The van der Waals surface area contributed by atoms with Gasteiger partial charge in [-0.25, -0.2) is 17.7 Å². The molecule has 184 valence electrons. The van der Waals surface area contributed by atoms with Crippen LogP contribution in [0, 0.1) is 0 Å². The van der Waals surface area contributed by atoms with E-state index in [1.54, 1.807) is 23.5 Å². The molecule has 3 aromatic rings. The molecule has 1 aliphatic rings. The fourth-order valence-electron chi connectivity index (χ4n) is 4.16. The van der Waals surface area contributed by atoms with Crippen LogP contribution in [0.1, 0.15) is 12.6 Å². The van der Waals surface area contributed by atoms with E-state index in [-0.39, 0.29) is 9.99 Å². The number of aliphatic hydroxyl groups excluding tert-OH is 1. The van der Waals surface area contributed by atoms with Crippen LogP contribution in [0.15, 0.2) is 42.6 Å². The highest BCUT2D eigenvalue weighted by Gasteiger charge is 2.28. The summed E-state index contributed by atoms with van der Waals surface area (Å²) in [4.78, 5) is 8.87. The molecule has 0 radical (unpaired) electrons. The third kappa shape index (κ3) is 5.18. The molecule has 0 bridgehead atoms. The minimum atomic E-state index is -4.20. The number of anilines is 1. The molecule has 0 aliphatic carbocycles. The van der Waals surface area contributed by atoms with Crippen molar-refractivity contribution in [2.75, 3.05) is 36.7 Å². The quantitative estimate of drug-likeness (QED) is 0.489. The number of alkyl halides is 2. The van der Waals surface area contributed by atoms with Gasteiger partial charge in [0.15, 0.2) is 0 Å². The average Bonchev–Trinajstić information content (AvgIpc) is 3.11. The predicted octanol–water partition coefficient (Wildman–Crippen LogP) is 3.10. The summed E-state index contributed by atoms with van der Waals surface area (Å²) in [5.41, 5.74) is 2.57. The molecule has 1 N–H and O–H groups in total. The number of nitrogens with zero attached hydrogens (tertiary/aromatic N) is 5. The van der Waals surface area contributed by atoms with Gasteiger partial charge in [0.25, 0.3) is 0 Å². The van der Waals surface area contributed by atoms with E-state index in [1.165, 1.54) is 18.3 Å². The van der Waals surface area contributed by atoms with Crippen molar-refractivity contribution in [1.29, 1.82) is 0 Å². The second-order valence-corrected chi connectivity index (χ2v) is 10.6. The fourth-order valence-corrected chi connectivity index (χ4v) is 5.06. The van der Waals surface area contributed by atoms with Crippen LogP contribution >= 0.6 is 11.6 Å². The van der Waals surface area contributed by atoms with Crippen molar-refractivity contribution in [2.24, 2.45) is 0 Å². The Labute approximate surface area is 202 Å². The van der Waals surface area contributed by atoms with E-state index in [2.05, 4.69) is 4.90 Å². The lowest BCUT2D eigenvalue weighted by Crippen LogP contribution is -2.49. The topological polar surface area (TPSA) is 81.4 Å². The molecule has 12 heteroatoms. The number of pyridine rings is 1. The zero-order valence-electron chi connectivity index (χ0n) is 18.8. The molecule has 4 rings (SSSR count). The number of sulfonamides is 1. The number of aliphatic hydroxyl groups is 1. The number of benzene rings is 1. The van der Waals surface area contributed by atoms with Crippen molar-refractivity contribution >= 4 is 33.0 Å². The van der Waals surface area contributed by atoms with Gasteiger partial charge in [-0.1, -0.05) is 23.7 Å². The third-order valence-corrected chi connectivity index (χ3v) is 7.25. The third-order valence-electron chi connectivity index (χ3n) is 5.92. The lowest BCUT2D eigenvalue weighted by atomic mass is 10.1. The minimum absolute atomic E-state index is 0.0968. The van der Waals surface area contributed by atoms with Crippen molar-refractivity contribution in [1.82, 2.24) is 19.2 Å². The second-order valence-electron chi connectivity index (χ2n) is 8.31. The Bertz CT molecular complexity index is 1260. The first kappa shape index (κ1) is 24.8. The zero-order chi connectivity index (χ0) is 24.6. The summed E-state index contributed by atoms with van der Waals surface area (Å²) in [6.07, 6.45) is 1.61. The van der Waals surface area contributed by atoms with Gasteiger partial charge >= 0.3 is 6.55 Å². The fraction of sp³-hybridized carbons (Fsp3) is 0.409. The number of rotatable bonds is 7. The van der Waals surface area contributed by atoms with Crippen LogP contribution in [-0.4, -0.2) is 77.9 Å². The number of aromatic nitrogens is 2. The molecule has 1 aromatic carbocycles. The van der Waals surface area contributed by atoms with E-state index in [1.807, 2.05) is 17.0 Å². The van der Waals surface area contributed by atoms with Crippen molar-refractivity contribution in [3.8, 4) is 11.3 Å². The van der Waals surface area contributed by atoms with E-state index >= 15 is 0 Å². The van der Waals surface area contributed by atoms with Crippen molar-refractivity contribution < 1.29 is 22.3 Å². The van der Waals surface area contributed by atoms with Crippen LogP contribution in [0.4, 0.5) is 14.5 Å². The normalized spacial score (nSPS) is 16.9. The summed E-state index contributed by atoms with van der Waals surface area (Å²) < 4.78 is 53.1. The largest absolute Gasteiger partial charge is 0.379 e. The van der Waals surface area contributed by atoms with Crippen molar-refractivity contribution in [2.45, 2.75) is 26.2 Å². The van der Waals surface area contributed by atoms with E-state index in [0.29, 0.717) is 49.1 Å². The number of halogens is 3. The predicted molar refractivity (Wildman–Crippen MR) is 127 cm³/mol. The molecule has 1 saturated heterocycles.